The van der Waals surface area contributed by atoms with E-state index in [1.165, 1.54) is 12.0 Å². The van der Waals surface area contributed by atoms with Gasteiger partial charge in [-0.3, -0.25) is 14.5 Å². The van der Waals surface area contributed by atoms with Gasteiger partial charge in [0.2, 0.25) is 0 Å². The maximum absolute atomic E-state index is 13.2. The number of para-hydroxylation sites is 2. The van der Waals surface area contributed by atoms with Gasteiger partial charge in [-0.25, -0.2) is 0 Å². The minimum absolute atomic E-state index is 0.0385. The average molecular weight is 424 g/mol. The van der Waals surface area contributed by atoms with Gasteiger partial charge in [0, 0.05) is 7.11 Å². The number of amides is 2. The van der Waals surface area contributed by atoms with Crippen LogP contribution in [0, 0.1) is 0 Å². The fourth-order valence-corrected chi connectivity index (χ4v) is 3.30. The number of carbonyl (C=O) groups excluding carboxylic acids is 2. The number of hydrogen-bond acceptors (Lipinski definition) is 6. The predicted octanol–water partition coefficient (Wildman–Crippen LogP) is 3.71. The molecule has 0 saturated carbocycles. The number of nitrogens with zero attached hydrogens (tertiary/aromatic N) is 1. The topological polar surface area (TPSA) is 77.1 Å². The molecule has 0 fully saturated rings. The Kier molecular flexibility index (Phi) is 7.31. The van der Waals surface area contributed by atoms with Crippen LogP contribution < -0.4 is 14.8 Å². The van der Waals surface area contributed by atoms with Crippen molar-refractivity contribution in [3.63, 3.8) is 0 Å². The molecule has 0 aromatic heterocycles. The minimum Gasteiger partial charge on any atom is -0.492 e. The second kappa shape index (κ2) is 10.1. The van der Waals surface area contributed by atoms with Crippen molar-refractivity contribution in [2.45, 2.75) is 26.9 Å². The van der Waals surface area contributed by atoms with Gasteiger partial charge in [0.25, 0.3) is 11.8 Å². The molecule has 1 heterocycles. The zero-order valence-electron chi connectivity index (χ0n) is 18.3. The molecule has 0 spiro atoms. The Balaban J connectivity index is 2.01. The highest BCUT2D eigenvalue weighted by Crippen LogP contribution is 2.34. The second-order valence-electron chi connectivity index (χ2n) is 7.25. The van der Waals surface area contributed by atoms with Gasteiger partial charge in [0.15, 0.2) is 0 Å². The summed E-state index contributed by atoms with van der Waals surface area (Å²) in [6, 6.07) is 14.5. The summed E-state index contributed by atoms with van der Waals surface area (Å²) < 4.78 is 16.4. The molecule has 7 nitrogen and oxygen atoms in total. The van der Waals surface area contributed by atoms with Crippen LogP contribution in [-0.2, 0) is 14.3 Å². The number of ether oxygens (including phenoxy) is 3. The van der Waals surface area contributed by atoms with Gasteiger partial charge in [-0.1, -0.05) is 24.3 Å². The lowest BCUT2D eigenvalue weighted by Crippen LogP contribution is -2.35. The number of rotatable bonds is 10. The fraction of sp³-hybridized carbons (Fsp3) is 0.333. The highest BCUT2D eigenvalue weighted by Gasteiger charge is 2.39. The van der Waals surface area contributed by atoms with Crippen LogP contribution in [0.4, 0.5) is 5.69 Å². The summed E-state index contributed by atoms with van der Waals surface area (Å²) in [5, 5.41) is 3.15. The smallest absolute Gasteiger partial charge is 0.278 e. The molecular weight excluding hydrogens is 396 g/mol. The van der Waals surface area contributed by atoms with Crippen LogP contribution in [0.5, 0.6) is 11.5 Å². The summed E-state index contributed by atoms with van der Waals surface area (Å²) in [7, 11) is 1.53. The molecule has 0 radical (unpaired) electrons. The van der Waals surface area contributed by atoms with E-state index < -0.39 is 5.91 Å². The quantitative estimate of drug-likeness (QED) is 0.586. The first-order valence-corrected chi connectivity index (χ1v) is 10.3. The van der Waals surface area contributed by atoms with Gasteiger partial charge in [0.1, 0.15) is 17.2 Å². The molecule has 1 aliphatic rings. The lowest BCUT2D eigenvalue weighted by molar-refractivity contribution is -0.137. The Hall–Kier alpha value is -3.32. The van der Waals surface area contributed by atoms with Crippen molar-refractivity contribution < 1.29 is 23.8 Å². The monoisotopic (exact) mass is 424 g/mol. The number of hydrogen-bond donors (Lipinski definition) is 1. The third kappa shape index (κ3) is 5.06. The Morgan fingerprint density at radius 3 is 2.35 bits per heavy atom. The van der Waals surface area contributed by atoms with Crippen LogP contribution in [-0.4, -0.2) is 49.7 Å². The Morgan fingerprint density at radius 2 is 1.71 bits per heavy atom. The third-order valence-corrected chi connectivity index (χ3v) is 4.65. The van der Waals surface area contributed by atoms with E-state index in [0.29, 0.717) is 34.9 Å². The van der Waals surface area contributed by atoms with Gasteiger partial charge in [-0.05, 0) is 50.6 Å². The first kappa shape index (κ1) is 22.4. The summed E-state index contributed by atoms with van der Waals surface area (Å²) in [5.41, 5.74) is 1.77. The van der Waals surface area contributed by atoms with Gasteiger partial charge < -0.3 is 19.5 Å². The maximum Gasteiger partial charge on any atom is 0.278 e. The first-order chi connectivity index (χ1) is 15.0. The van der Waals surface area contributed by atoms with E-state index in [4.69, 9.17) is 14.2 Å². The summed E-state index contributed by atoms with van der Waals surface area (Å²) in [5.74, 6) is 0.540. The van der Waals surface area contributed by atoms with E-state index >= 15 is 0 Å². The van der Waals surface area contributed by atoms with E-state index in [-0.39, 0.29) is 30.9 Å². The fourth-order valence-electron chi connectivity index (χ4n) is 3.30. The van der Waals surface area contributed by atoms with E-state index in [2.05, 4.69) is 5.32 Å². The molecule has 0 aliphatic carbocycles. The molecule has 2 aromatic carbocycles. The lowest BCUT2D eigenvalue weighted by Gasteiger charge is -2.15. The lowest BCUT2D eigenvalue weighted by atomic mass is 10.0. The van der Waals surface area contributed by atoms with Crippen molar-refractivity contribution in [3.8, 4) is 11.5 Å². The summed E-state index contributed by atoms with van der Waals surface area (Å²) in [6.07, 6.45) is 0.0385. The largest absolute Gasteiger partial charge is 0.492 e. The zero-order chi connectivity index (χ0) is 22.4. The van der Waals surface area contributed by atoms with Crippen LogP contribution in [0.15, 0.2) is 54.2 Å². The Bertz CT molecular complexity index is 966. The molecule has 31 heavy (non-hydrogen) atoms. The number of methoxy groups -OCH3 is 1. The molecule has 3 rings (SSSR count). The van der Waals surface area contributed by atoms with Crippen molar-refractivity contribution in [2.24, 2.45) is 0 Å². The van der Waals surface area contributed by atoms with Gasteiger partial charge in [-0.15, -0.1) is 0 Å². The number of benzene rings is 2. The van der Waals surface area contributed by atoms with Crippen molar-refractivity contribution in [1.82, 2.24) is 4.90 Å². The molecule has 2 amide bonds. The van der Waals surface area contributed by atoms with E-state index in [1.807, 2.05) is 45.0 Å². The molecule has 164 valence electrons. The highest BCUT2D eigenvalue weighted by atomic mass is 16.5. The van der Waals surface area contributed by atoms with E-state index in [9.17, 15) is 9.59 Å². The number of imide groups is 1. The molecule has 7 heteroatoms. The normalized spacial score (nSPS) is 13.9. The summed E-state index contributed by atoms with van der Waals surface area (Å²) >= 11 is 0. The number of carbonyl (C=O) groups is 2. The molecule has 1 N–H and O–H groups in total. The van der Waals surface area contributed by atoms with Gasteiger partial charge in [0.05, 0.1) is 37.1 Å². The van der Waals surface area contributed by atoms with Crippen molar-refractivity contribution >= 4 is 23.1 Å². The SMILES string of the molecule is CCOc1ccccc1NC1=C(c2ccc(OC(C)C)cc2)C(=O)N(CCOC)C1=O. The molecule has 0 bridgehead atoms. The summed E-state index contributed by atoms with van der Waals surface area (Å²) in [4.78, 5) is 27.5. The third-order valence-electron chi connectivity index (χ3n) is 4.65. The zero-order valence-corrected chi connectivity index (χ0v) is 18.3. The Morgan fingerprint density at radius 1 is 1.00 bits per heavy atom. The minimum atomic E-state index is -0.397. The standard InChI is InChI=1S/C24H28N2O5/c1-5-30-20-9-7-6-8-19(20)25-22-21(23(27)26(24(22)28)14-15-29-4)17-10-12-18(13-11-17)31-16(2)3/h6-13,16,25H,5,14-15H2,1-4H3. The first-order valence-electron chi connectivity index (χ1n) is 10.3. The number of nitrogens with one attached hydrogen (secondary N) is 1. The molecular formula is C24H28N2O5. The van der Waals surface area contributed by atoms with Crippen molar-refractivity contribution in [1.29, 1.82) is 0 Å². The van der Waals surface area contributed by atoms with Crippen LogP contribution in [0.25, 0.3) is 5.57 Å². The van der Waals surface area contributed by atoms with Gasteiger partial charge in [-0.2, -0.15) is 0 Å². The predicted molar refractivity (Wildman–Crippen MR) is 119 cm³/mol. The van der Waals surface area contributed by atoms with Crippen LogP contribution in [0.1, 0.15) is 26.3 Å². The average Bonchev–Trinajstić information content (AvgIpc) is 2.98. The van der Waals surface area contributed by atoms with Crippen molar-refractivity contribution in [3.05, 3.63) is 59.8 Å². The molecule has 0 saturated heterocycles. The Labute approximate surface area is 182 Å². The molecule has 1 aliphatic heterocycles. The van der Waals surface area contributed by atoms with Crippen LogP contribution in [0.3, 0.4) is 0 Å². The van der Waals surface area contributed by atoms with E-state index in [1.54, 1.807) is 24.3 Å². The molecule has 0 atom stereocenters. The van der Waals surface area contributed by atoms with Crippen LogP contribution in [0.2, 0.25) is 0 Å². The maximum atomic E-state index is 13.2. The van der Waals surface area contributed by atoms with E-state index in [0.717, 1.165) is 0 Å². The molecule has 0 unspecified atom stereocenters. The van der Waals surface area contributed by atoms with Crippen molar-refractivity contribution in [2.75, 3.05) is 32.2 Å². The second-order valence-corrected chi connectivity index (χ2v) is 7.25. The number of anilines is 1. The highest BCUT2D eigenvalue weighted by molar-refractivity contribution is 6.36. The summed E-state index contributed by atoms with van der Waals surface area (Å²) in [6.45, 7) is 6.69. The van der Waals surface area contributed by atoms with Gasteiger partial charge >= 0.3 is 0 Å². The molecule has 2 aromatic rings. The van der Waals surface area contributed by atoms with Crippen LogP contribution >= 0.6 is 0 Å².